The average Bonchev–Trinajstić information content (AvgIpc) is 3.43. The van der Waals surface area contributed by atoms with Crippen LogP contribution >= 0.6 is 0 Å². The molecule has 2 aromatic carbocycles. The Morgan fingerprint density at radius 2 is 1.97 bits per heavy atom. The molecule has 1 N–H and O–H groups in total. The lowest BCUT2D eigenvalue weighted by Gasteiger charge is -2.23. The highest BCUT2D eigenvalue weighted by Crippen LogP contribution is 2.36. The lowest BCUT2D eigenvalue weighted by atomic mass is 9.96. The molecule has 0 saturated carbocycles. The van der Waals surface area contributed by atoms with E-state index in [1.807, 2.05) is 47.1 Å². The van der Waals surface area contributed by atoms with E-state index in [1.54, 1.807) is 13.1 Å². The van der Waals surface area contributed by atoms with Crippen molar-refractivity contribution in [1.29, 1.82) is 0 Å². The molecule has 8 nitrogen and oxygen atoms in total. The Labute approximate surface area is 216 Å². The monoisotopic (exact) mass is 501 g/mol. The molecule has 2 unspecified atom stereocenters. The number of hydrogen-bond acceptors (Lipinski definition) is 6. The van der Waals surface area contributed by atoms with Crippen LogP contribution in [0.4, 0.5) is 0 Å². The molecular formula is C29H31N3O5. The third-order valence-corrected chi connectivity index (χ3v) is 6.32. The maximum Gasteiger partial charge on any atom is 0.304 e. The van der Waals surface area contributed by atoms with Crippen LogP contribution in [0, 0.1) is 11.8 Å². The predicted molar refractivity (Wildman–Crippen MR) is 137 cm³/mol. The summed E-state index contributed by atoms with van der Waals surface area (Å²) in [5.41, 5.74) is 4.95. The normalized spacial score (nSPS) is 15.5. The van der Waals surface area contributed by atoms with Gasteiger partial charge in [0.1, 0.15) is 12.4 Å². The number of aliphatic carboxylic acids is 1. The minimum absolute atomic E-state index is 0.0373. The minimum Gasteiger partial charge on any atom is -0.489 e. The van der Waals surface area contributed by atoms with Gasteiger partial charge in [0.05, 0.1) is 29.8 Å². The van der Waals surface area contributed by atoms with Crippen LogP contribution in [0.25, 0.3) is 0 Å². The van der Waals surface area contributed by atoms with Gasteiger partial charge < -0.3 is 14.6 Å². The molecule has 0 spiro atoms. The Bertz CT molecular complexity index is 1300. The van der Waals surface area contributed by atoms with E-state index < -0.39 is 12.2 Å². The molecule has 0 bridgehead atoms. The van der Waals surface area contributed by atoms with Crippen LogP contribution in [0.2, 0.25) is 0 Å². The van der Waals surface area contributed by atoms with E-state index in [9.17, 15) is 9.59 Å². The predicted octanol–water partition coefficient (Wildman–Crippen LogP) is 4.81. The maximum absolute atomic E-state index is 11.2. The van der Waals surface area contributed by atoms with Crippen molar-refractivity contribution in [3.8, 4) is 17.6 Å². The van der Waals surface area contributed by atoms with E-state index in [1.165, 1.54) is 0 Å². The molecule has 192 valence electrons. The van der Waals surface area contributed by atoms with Crippen molar-refractivity contribution in [2.75, 3.05) is 0 Å². The molecule has 1 aliphatic rings. The Morgan fingerprint density at radius 3 is 2.65 bits per heavy atom. The number of nitrogens with zero attached hydrogens (tertiary/aromatic N) is 3. The average molecular weight is 502 g/mol. The molecule has 4 rings (SSSR count). The molecule has 3 aromatic rings. The van der Waals surface area contributed by atoms with Crippen LogP contribution in [-0.2, 0) is 34.0 Å². The quantitative estimate of drug-likeness (QED) is 0.298. The second kappa shape index (κ2) is 11.8. The van der Waals surface area contributed by atoms with E-state index in [0.29, 0.717) is 31.9 Å². The van der Waals surface area contributed by atoms with Crippen molar-refractivity contribution < 1.29 is 24.2 Å². The fourth-order valence-electron chi connectivity index (χ4n) is 4.66. The summed E-state index contributed by atoms with van der Waals surface area (Å²) in [6, 6.07) is 15.8. The Kier molecular flexibility index (Phi) is 8.26. The summed E-state index contributed by atoms with van der Waals surface area (Å²) < 4.78 is 13.4. The zero-order valence-corrected chi connectivity index (χ0v) is 21.3. The van der Waals surface area contributed by atoms with Gasteiger partial charge in [0, 0.05) is 19.1 Å². The topological polar surface area (TPSA) is 93.9 Å². The van der Waals surface area contributed by atoms with Gasteiger partial charge in [-0.05, 0) is 49.6 Å². The molecule has 2 heterocycles. The number of aromatic nitrogens is 2. The molecule has 37 heavy (non-hydrogen) atoms. The van der Waals surface area contributed by atoms with Crippen molar-refractivity contribution in [2.24, 2.45) is 0 Å². The summed E-state index contributed by atoms with van der Waals surface area (Å²) >= 11 is 0. The fraction of sp³-hybridized carbons (Fsp3) is 0.345. The Hall–Kier alpha value is -4.09. The van der Waals surface area contributed by atoms with Crippen LogP contribution in [0.5, 0.6) is 5.75 Å². The first kappa shape index (κ1) is 26.0. The first-order valence-electron chi connectivity index (χ1n) is 12.2. The van der Waals surface area contributed by atoms with Gasteiger partial charge in [-0.2, -0.15) is 5.10 Å². The number of carbonyl (C=O) groups excluding carboxylic acids is 1. The number of rotatable bonds is 11. The summed E-state index contributed by atoms with van der Waals surface area (Å²) in [6.45, 7) is 8.00. The number of carboxylic acid groups (broad SMARTS) is 1. The van der Waals surface area contributed by atoms with Crippen molar-refractivity contribution in [3.63, 3.8) is 0 Å². The standard InChI is InChI=1S/C29H31N3O5/c1-4-6-24(14-28(34)35)23-9-11-25(12-10-23)36-18-22-8-5-7-21(13-22)16-31-17-27-26(29(31)37-19-33)15-30-32(27)20(2)3/h5,7-13,15,19-20,24,29H,14,16-18H2,1-3H3,(H,34,35). The van der Waals surface area contributed by atoms with Crippen molar-refractivity contribution >= 4 is 12.4 Å². The molecule has 1 aliphatic heterocycles. The lowest BCUT2D eigenvalue weighted by molar-refractivity contribution is -0.144. The lowest BCUT2D eigenvalue weighted by Crippen LogP contribution is -2.24. The smallest absolute Gasteiger partial charge is 0.304 e. The highest BCUT2D eigenvalue weighted by atomic mass is 16.5. The summed E-state index contributed by atoms with van der Waals surface area (Å²) in [5, 5.41) is 13.6. The van der Waals surface area contributed by atoms with Crippen LogP contribution < -0.4 is 4.74 Å². The molecule has 0 saturated heterocycles. The van der Waals surface area contributed by atoms with Gasteiger partial charge in [0.15, 0.2) is 6.23 Å². The highest BCUT2D eigenvalue weighted by Gasteiger charge is 2.35. The fourth-order valence-corrected chi connectivity index (χ4v) is 4.66. The van der Waals surface area contributed by atoms with Gasteiger partial charge >= 0.3 is 5.97 Å². The molecule has 0 radical (unpaired) electrons. The first-order valence-corrected chi connectivity index (χ1v) is 12.2. The zero-order chi connectivity index (χ0) is 26.4. The van der Waals surface area contributed by atoms with Gasteiger partial charge in [-0.1, -0.05) is 42.3 Å². The van der Waals surface area contributed by atoms with Gasteiger partial charge in [-0.15, -0.1) is 5.92 Å². The summed E-state index contributed by atoms with van der Waals surface area (Å²) in [6.07, 6.45) is 1.29. The van der Waals surface area contributed by atoms with Gasteiger partial charge in [-0.25, -0.2) is 0 Å². The van der Waals surface area contributed by atoms with E-state index >= 15 is 0 Å². The second-order valence-corrected chi connectivity index (χ2v) is 9.30. The maximum atomic E-state index is 11.2. The van der Waals surface area contributed by atoms with E-state index in [0.717, 1.165) is 27.9 Å². The number of ether oxygens (including phenoxy) is 2. The number of carboxylic acids is 1. The van der Waals surface area contributed by atoms with E-state index in [-0.39, 0.29) is 18.4 Å². The Balaban J connectivity index is 1.40. The summed E-state index contributed by atoms with van der Waals surface area (Å²) in [5.74, 6) is 5.24. The molecular weight excluding hydrogens is 470 g/mol. The van der Waals surface area contributed by atoms with Crippen LogP contribution in [0.3, 0.4) is 0 Å². The van der Waals surface area contributed by atoms with Crippen molar-refractivity contribution in [1.82, 2.24) is 14.7 Å². The number of hydrogen-bond donors (Lipinski definition) is 1. The zero-order valence-electron chi connectivity index (χ0n) is 21.3. The molecule has 8 heteroatoms. The van der Waals surface area contributed by atoms with Gasteiger partial charge in [0.2, 0.25) is 0 Å². The third kappa shape index (κ3) is 6.19. The van der Waals surface area contributed by atoms with E-state index in [4.69, 9.17) is 14.6 Å². The van der Waals surface area contributed by atoms with Gasteiger partial charge in [0.25, 0.3) is 6.47 Å². The molecule has 0 amide bonds. The number of benzene rings is 2. The summed E-state index contributed by atoms with van der Waals surface area (Å²) in [7, 11) is 0. The molecule has 2 atom stereocenters. The summed E-state index contributed by atoms with van der Waals surface area (Å²) in [4.78, 5) is 24.4. The molecule has 0 fully saturated rings. The van der Waals surface area contributed by atoms with Crippen molar-refractivity contribution in [2.45, 2.75) is 65.1 Å². The number of carbonyl (C=O) groups is 2. The highest BCUT2D eigenvalue weighted by molar-refractivity contribution is 5.69. The van der Waals surface area contributed by atoms with Gasteiger partial charge in [-0.3, -0.25) is 19.2 Å². The van der Waals surface area contributed by atoms with Crippen LogP contribution in [0.1, 0.15) is 73.3 Å². The Morgan fingerprint density at radius 1 is 1.22 bits per heavy atom. The first-order chi connectivity index (χ1) is 17.9. The number of fused-ring (bicyclic) bond motifs is 1. The van der Waals surface area contributed by atoms with Crippen LogP contribution in [0.15, 0.2) is 54.7 Å². The molecule has 1 aromatic heterocycles. The van der Waals surface area contributed by atoms with Crippen LogP contribution in [-0.4, -0.2) is 32.2 Å². The third-order valence-electron chi connectivity index (χ3n) is 6.32. The largest absolute Gasteiger partial charge is 0.489 e. The molecule has 0 aliphatic carbocycles. The second-order valence-electron chi connectivity index (χ2n) is 9.30. The SMILES string of the molecule is CC#CC(CC(=O)O)c1ccc(OCc2cccc(CN3Cc4c(cnn4C(C)C)C3OC=O)c2)cc1. The van der Waals surface area contributed by atoms with E-state index in [2.05, 4.69) is 41.8 Å². The van der Waals surface area contributed by atoms with Crippen molar-refractivity contribution in [3.05, 3.63) is 82.7 Å². The minimum atomic E-state index is -0.878.